The Morgan fingerprint density at radius 3 is 1.44 bits per heavy atom. The van der Waals surface area contributed by atoms with E-state index in [-0.39, 0.29) is 11.1 Å². The van der Waals surface area contributed by atoms with Gasteiger partial charge in [-0.2, -0.15) is 0 Å². The Kier molecular flexibility index (Phi) is 16.6. The van der Waals surface area contributed by atoms with Crippen molar-refractivity contribution in [3.05, 3.63) is 42.0 Å². The van der Waals surface area contributed by atoms with Crippen LogP contribution in [-0.2, 0) is 0 Å². The number of hydrogen-bond acceptors (Lipinski definition) is 1. The second kappa shape index (κ2) is 18.2. The van der Waals surface area contributed by atoms with Crippen molar-refractivity contribution < 1.29 is 0 Å². The minimum atomic E-state index is 0.217. The number of rotatable bonds is 21. The molecule has 0 aliphatic heterocycles. The van der Waals surface area contributed by atoms with Crippen molar-refractivity contribution in [3.63, 3.8) is 0 Å². The molecule has 1 heteroatoms. The lowest BCUT2D eigenvalue weighted by atomic mass is 9.85. The van der Waals surface area contributed by atoms with E-state index in [1.54, 1.807) is 0 Å². The number of unbranched alkanes of at least 4 members (excludes halogenated alkanes) is 12. The van der Waals surface area contributed by atoms with Crippen LogP contribution >= 0.6 is 0 Å². The van der Waals surface area contributed by atoms with E-state index in [9.17, 15) is 0 Å². The molecule has 1 nitrogen and oxygen atoms in total. The normalized spacial score (nSPS) is 12.8. The Hall–Kier alpha value is -1.08. The molecule has 196 valence electrons. The lowest BCUT2D eigenvalue weighted by molar-refractivity contribution is 0.0146. The van der Waals surface area contributed by atoms with Crippen LogP contribution in [0.25, 0.3) is 6.08 Å². The minimum absolute atomic E-state index is 0.217. The highest BCUT2D eigenvalue weighted by Gasteiger charge is 2.36. The molecule has 0 unspecified atom stereocenters. The molecule has 1 rings (SSSR count). The van der Waals surface area contributed by atoms with Gasteiger partial charge in [0, 0.05) is 17.6 Å². The zero-order chi connectivity index (χ0) is 25.1. The van der Waals surface area contributed by atoms with Gasteiger partial charge in [-0.25, -0.2) is 0 Å². The summed E-state index contributed by atoms with van der Waals surface area (Å²) in [6.45, 7) is 15.6. The number of benzene rings is 1. The standard InChI is InChI=1S/C33H59N/c1-7-9-11-13-15-17-22-28-32(3,4)34(30-24-27-31-25-20-19-21-26-31)33(5,6)29-23-18-16-14-12-10-8-2/h19-21,24-27H,7-18,22-23,28-30H2,1-6H3/b27-24+. The van der Waals surface area contributed by atoms with Crippen LogP contribution in [0.15, 0.2) is 36.4 Å². The molecule has 1 aromatic rings. The Balaban J connectivity index is 2.68. The highest BCUT2D eigenvalue weighted by Crippen LogP contribution is 2.33. The molecular weight excluding hydrogens is 410 g/mol. The third-order valence-corrected chi connectivity index (χ3v) is 7.64. The van der Waals surface area contributed by atoms with Crippen molar-refractivity contribution in [2.75, 3.05) is 6.54 Å². The second-order valence-electron chi connectivity index (χ2n) is 11.8. The van der Waals surface area contributed by atoms with Gasteiger partial charge in [-0.1, -0.05) is 146 Å². The molecule has 0 atom stereocenters. The van der Waals surface area contributed by atoms with Crippen molar-refractivity contribution in [1.29, 1.82) is 0 Å². The molecule has 0 N–H and O–H groups in total. The molecule has 0 aromatic heterocycles. The zero-order valence-electron chi connectivity index (χ0n) is 24.0. The minimum Gasteiger partial charge on any atom is -0.289 e. The van der Waals surface area contributed by atoms with Crippen LogP contribution in [0.1, 0.15) is 150 Å². The Morgan fingerprint density at radius 1 is 0.588 bits per heavy atom. The molecule has 0 aliphatic carbocycles. The smallest absolute Gasteiger partial charge is 0.0177 e. The summed E-state index contributed by atoms with van der Waals surface area (Å²) in [5, 5.41) is 0. The quantitative estimate of drug-likeness (QED) is 0.162. The molecule has 0 bridgehead atoms. The average Bonchev–Trinajstić information content (AvgIpc) is 2.81. The van der Waals surface area contributed by atoms with Crippen LogP contribution in [-0.4, -0.2) is 22.5 Å². The van der Waals surface area contributed by atoms with Gasteiger partial charge in [0.05, 0.1) is 0 Å². The van der Waals surface area contributed by atoms with Crippen LogP contribution < -0.4 is 0 Å². The van der Waals surface area contributed by atoms with Crippen LogP contribution in [0.4, 0.5) is 0 Å². The fourth-order valence-electron chi connectivity index (χ4n) is 5.47. The van der Waals surface area contributed by atoms with E-state index >= 15 is 0 Å². The monoisotopic (exact) mass is 469 g/mol. The van der Waals surface area contributed by atoms with Gasteiger partial charge in [0.2, 0.25) is 0 Å². The highest BCUT2D eigenvalue weighted by atomic mass is 15.2. The Morgan fingerprint density at radius 2 is 1.00 bits per heavy atom. The van der Waals surface area contributed by atoms with E-state index in [1.165, 1.54) is 108 Å². The lowest BCUT2D eigenvalue weighted by Gasteiger charge is -2.49. The first-order chi connectivity index (χ1) is 16.3. The Bertz CT molecular complexity index is 583. The maximum Gasteiger partial charge on any atom is 0.0177 e. The summed E-state index contributed by atoms with van der Waals surface area (Å²) in [6.07, 6.45) is 26.7. The molecule has 0 amide bonds. The molecule has 0 aliphatic rings. The SMILES string of the molecule is CCCCCCCCCC(C)(C)N(C/C=C/c1ccccc1)C(C)(C)CCCCCCCCC. The second-order valence-corrected chi connectivity index (χ2v) is 11.8. The van der Waals surface area contributed by atoms with Gasteiger partial charge >= 0.3 is 0 Å². The first-order valence-electron chi connectivity index (χ1n) is 14.8. The molecule has 0 saturated heterocycles. The molecule has 0 saturated carbocycles. The van der Waals surface area contributed by atoms with Crippen LogP contribution in [0, 0.1) is 0 Å². The van der Waals surface area contributed by atoms with Gasteiger partial charge in [0.15, 0.2) is 0 Å². The van der Waals surface area contributed by atoms with Gasteiger partial charge in [-0.15, -0.1) is 0 Å². The van der Waals surface area contributed by atoms with Gasteiger partial charge in [-0.05, 0) is 46.1 Å². The van der Waals surface area contributed by atoms with E-state index in [0.29, 0.717) is 0 Å². The van der Waals surface area contributed by atoms with Crippen molar-refractivity contribution in [2.24, 2.45) is 0 Å². The molecule has 0 spiro atoms. The van der Waals surface area contributed by atoms with Crippen molar-refractivity contribution in [1.82, 2.24) is 4.90 Å². The van der Waals surface area contributed by atoms with Gasteiger partial charge in [0.1, 0.15) is 0 Å². The molecule has 0 heterocycles. The fourth-order valence-corrected chi connectivity index (χ4v) is 5.47. The molecule has 0 radical (unpaired) electrons. The van der Waals surface area contributed by atoms with Crippen molar-refractivity contribution in [2.45, 2.75) is 155 Å². The molecule has 34 heavy (non-hydrogen) atoms. The summed E-state index contributed by atoms with van der Waals surface area (Å²) < 4.78 is 0. The van der Waals surface area contributed by atoms with Gasteiger partial charge < -0.3 is 0 Å². The largest absolute Gasteiger partial charge is 0.289 e. The van der Waals surface area contributed by atoms with Crippen molar-refractivity contribution in [3.8, 4) is 0 Å². The number of hydrogen-bond donors (Lipinski definition) is 0. The summed E-state index contributed by atoms with van der Waals surface area (Å²) in [6, 6.07) is 10.8. The summed E-state index contributed by atoms with van der Waals surface area (Å²) in [5.74, 6) is 0. The van der Waals surface area contributed by atoms with Gasteiger partial charge in [0.25, 0.3) is 0 Å². The number of nitrogens with zero attached hydrogens (tertiary/aromatic N) is 1. The first-order valence-corrected chi connectivity index (χ1v) is 14.8. The summed E-state index contributed by atoms with van der Waals surface area (Å²) >= 11 is 0. The van der Waals surface area contributed by atoms with Crippen molar-refractivity contribution >= 4 is 6.08 Å². The van der Waals surface area contributed by atoms with E-state index in [1.807, 2.05) is 0 Å². The summed E-state index contributed by atoms with van der Waals surface area (Å²) in [5.41, 5.74) is 1.74. The lowest BCUT2D eigenvalue weighted by Crippen LogP contribution is -2.55. The zero-order valence-corrected chi connectivity index (χ0v) is 24.0. The highest BCUT2D eigenvalue weighted by molar-refractivity contribution is 5.48. The first kappa shape index (κ1) is 31.0. The van der Waals surface area contributed by atoms with Gasteiger partial charge in [-0.3, -0.25) is 4.90 Å². The molecule has 0 fully saturated rings. The van der Waals surface area contributed by atoms with Crippen LogP contribution in [0.2, 0.25) is 0 Å². The molecular formula is C33H59N. The Labute approximate surface area is 214 Å². The summed E-state index contributed by atoms with van der Waals surface area (Å²) in [7, 11) is 0. The van der Waals surface area contributed by atoms with Crippen LogP contribution in [0.3, 0.4) is 0 Å². The molecule has 1 aromatic carbocycles. The third-order valence-electron chi connectivity index (χ3n) is 7.64. The van der Waals surface area contributed by atoms with E-state index < -0.39 is 0 Å². The maximum atomic E-state index is 2.81. The van der Waals surface area contributed by atoms with E-state index in [2.05, 4.69) is 88.9 Å². The van der Waals surface area contributed by atoms with E-state index in [4.69, 9.17) is 0 Å². The fraction of sp³-hybridized carbons (Fsp3) is 0.758. The maximum absolute atomic E-state index is 2.81. The third kappa shape index (κ3) is 13.7. The van der Waals surface area contributed by atoms with Crippen LogP contribution in [0.5, 0.6) is 0 Å². The topological polar surface area (TPSA) is 3.24 Å². The predicted octanol–water partition coefficient (Wildman–Crippen LogP) is 10.8. The average molecular weight is 470 g/mol. The predicted molar refractivity (Wildman–Crippen MR) is 156 cm³/mol. The summed E-state index contributed by atoms with van der Waals surface area (Å²) in [4.78, 5) is 2.81. The van der Waals surface area contributed by atoms with E-state index in [0.717, 1.165) is 6.54 Å².